The van der Waals surface area contributed by atoms with Crippen LogP contribution in [-0.4, -0.2) is 46.5 Å². The lowest BCUT2D eigenvalue weighted by molar-refractivity contribution is -0.139. The van der Waals surface area contributed by atoms with Crippen LogP contribution in [0, 0.1) is 0 Å². The van der Waals surface area contributed by atoms with E-state index in [9.17, 15) is 14.4 Å². The molecule has 0 bridgehead atoms. The zero-order valence-electron chi connectivity index (χ0n) is 8.97. The zero-order valence-corrected chi connectivity index (χ0v) is 8.97. The largest absolute Gasteiger partial charge is 0.480 e. The number of carbonyl (C=O) groups excluding carboxylic acids is 2. The number of amides is 3. The second kappa shape index (κ2) is 4.93. The maximum absolute atomic E-state index is 11.7. The molecule has 7 heteroatoms. The Balaban J connectivity index is 2.64. The number of urea groups is 1. The van der Waals surface area contributed by atoms with E-state index >= 15 is 0 Å². The van der Waals surface area contributed by atoms with Gasteiger partial charge in [-0.15, -0.1) is 0 Å². The van der Waals surface area contributed by atoms with Gasteiger partial charge in [0.05, 0.1) is 6.54 Å². The van der Waals surface area contributed by atoms with E-state index in [1.807, 2.05) is 6.92 Å². The van der Waals surface area contributed by atoms with Crippen LogP contribution in [0.2, 0.25) is 0 Å². The van der Waals surface area contributed by atoms with Gasteiger partial charge in [-0.05, 0) is 6.42 Å². The van der Waals surface area contributed by atoms with Crippen molar-refractivity contribution in [2.75, 3.05) is 6.54 Å². The molecule has 0 radical (unpaired) electrons. The summed E-state index contributed by atoms with van der Waals surface area (Å²) in [6.07, 6.45) is 1.30. The highest BCUT2D eigenvalue weighted by atomic mass is 16.4. The number of aliphatic carboxylic acids is 1. The average molecular weight is 229 g/mol. The molecule has 2 unspecified atom stereocenters. The number of hydrogen-bond acceptors (Lipinski definition) is 4. The Morgan fingerprint density at radius 3 is 2.75 bits per heavy atom. The van der Waals surface area contributed by atoms with E-state index in [0.29, 0.717) is 6.42 Å². The molecule has 16 heavy (non-hydrogen) atoms. The smallest absolute Gasteiger partial charge is 0.324 e. The fourth-order valence-electron chi connectivity index (χ4n) is 1.51. The van der Waals surface area contributed by atoms with Crippen LogP contribution in [0.4, 0.5) is 4.79 Å². The average Bonchev–Trinajstić information content (AvgIpc) is 2.46. The number of nitrogens with one attached hydrogen (secondary N) is 1. The first-order chi connectivity index (χ1) is 7.47. The quantitative estimate of drug-likeness (QED) is 0.530. The minimum absolute atomic E-state index is 0.291. The number of imide groups is 1. The predicted molar refractivity (Wildman–Crippen MR) is 54.6 cm³/mol. The number of hydrogen-bond donors (Lipinski definition) is 3. The standard InChI is InChI=1S/C9H15N3O4/c1-2-3-6-7(13)12(9(16)11-6)4-5(10)8(14)15/h5-6H,2-4,10H2,1H3,(H,11,16)(H,14,15). The van der Waals surface area contributed by atoms with Gasteiger partial charge in [-0.2, -0.15) is 0 Å². The number of rotatable bonds is 5. The van der Waals surface area contributed by atoms with E-state index < -0.39 is 30.0 Å². The molecular formula is C9H15N3O4. The van der Waals surface area contributed by atoms with E-state index in [2.05, 4.69) is 5.32 Å². The molecule has 1 saturated heterocycles. The van der Waals surface area contributed by atoms with E-state index in [1.54, 1.807) is 0 Å². The Bertz CT molecular complexity index is 318. The van der Waals surface area contributed by atoms with Crippen molar-refractivity contribution in [1.82, 2.24) is 10.2 Å². The summed E-state index contributed by atoms with van der Waals surface area (Å²) < 4.78 is 0. The fraction of sp³-hybridized carbons (Fsp3) is 0.667. The molecule has 3 amide bonds. The third-order valence-corrected chi connectivity index (χ3v) is 2.38. The first-order valence-electron chi connectivity index (χ1n) is 5.07. The van der Waals surface area contributed by atoms with E-state index in [1.165, 1.54) is 0 Å². The molecule has 4 N–H and O–H groups in total. The third kappa shape index (κ3) is 2.48. The van der Waals surface area contributed by atoms with Gasteiger partial charge in [0.2, 0.25) is 0 Å². The summed E-state index contributed by atoms with van der Waals surface area (Å²) in [7, 11) is 0. The molecule has 1 aliphatic heterocycles. The minimum Gasteiger partial charge on any atom is -0.480 e. The van der Waals surface area contributed by atoms with Crippen LogP contribution >= 0.6 is 0 Å². The Hall–Kier alpha value is -1.63. The molecule has 1 heterocycles. The Morgan fingerprint density at radius 2 is 2.25 bits per heavy atom. The zero-order chi connectivity index (χ0) is 12.3. The molecule has 1 rings (SSSR count). The highest BCUT2D eigenvalue weighted by Gasteiger charge is 2.38. The van der Waals surface area contributed by atoms with Crippen LogP contribution in [-0.2, 0) is 9.59 Å². The molecule has 0 aromatic heterocycles. The lowest BCUT2D eigenvalue weighted by Gasteiger charge is -2.15. The summed E-state index contributed by atoms with van der Waals surface area (Å²) in [5.74, 6) is -1.64. The van der Waals surface area contributed by atoms with Crippen LogP contribution in [0.15, 0.2) is 0 Å². The molecule has 0 aromatic rings. The highest BCUT2D eigenvalue weighted by molar-refractivity contribution is 6.04. The van der Waals surface area contributed by atoms with Crippen LogP contribution in [0.5, 0.6) is 0 Å². The minimum atomic E-state index is -1.24. The van der Waals surface area contributed by atoms with Crippen molar-refractivity contribution in [2.24, 2.45) is 5.73 Å². The molecule has 1 aliphatic rings. The van der Waals surface area contributed by atoms with Crippen molar-refractivity contribution < 1.29 is 19.5 Å². The maximum atomic E-state index is 11.7. The lowest BCUT2D eigenvalue weighted by Crippen LogP contribution is -2.45. The summed E-state index contributed by atoms with van der Waals surface area (Å²) in [6.45, 7) is 1.60. The predicted octanol–water partition coefficient (Wildman–Crippen LogP) is -0.881. The van der Waals surface area contributed by atoms with Gasteiger partial charge >= 0.3 is 12.0 Å². The van der Waals surface area contributed by atoms with Crippen molar-refractivity contribution in [3.05, 3.63) is 0 Å². The molecule has 0 saturated carbocycles. The fourth-order valence-corrected chi connectivity index (χ4v) is 1.51. The molecule has 90 valence electrons. The summed E-state index contributed by atoms with van der Waals surface area (Å²) in [5.41, 5.74) is 5.27. The SMILES string of the molecule is CCCC1NC(=O)N(CC(N)C(=O)O)C1=O. The second-order valence-electron chi connectivity index (χ2n) is 3.68. The Labute approximate surface area is 92.6 Å². The van der Waals surface area contributed by atoms with Crippen LogP contribution < -0.4 is 11.1 Å². The Kier molecular flexibility index (Phi) is 3.83. The van der Waals surface area contributed by atoms with Gasteiger partial charge in [0, 0.05) is 0 Å². The molecule has 0 spiro atoms. The second-order valence-corrected chi connectivity index (χ2v) is 3.68. The number of nitrogens with zero attached hydrogens (tertiary/aromatic N) is 1. The topological polar surface area (TPSA) is 113 Å². The van der Waals surface area contributed by atoms with Gasteiger partial charge in [0.25, 0.3) is 5.91 Å². The van der Waals surface area contributed by atoms with Crippen LogP contribution in [0.3, 0.4) is 0 Å². The van der Waals surface area contributed by atoms with E-state index in [0.717, 1.165) is 11.3 Å². The number of nitrogens with two attached hydrogens (primary N) is 1. The molecule has 1 fully saturated rings. The highest BCUT2D eigenvalue weighted by Crippen LogP contribution is 2.11. The number of carboxylic acid groups (broad SMARTS) is 1. The normalized spacial score (nSPS) is 22.1. The maximum Gasteiger partial charge on any atom is 0.324 e. The van der Waals surface area contributed by atoms with Crippen molar-refractivity contribution in [3.8, 4) is 0 Å². The lowest BCUT2D eigenvalue weighted by atomic mass is 10.1. The van der Waals surface area contributed by atoms with E-state index in [4.69, 9.17) is 10.8 Å². The Morgan fingerprint density at radius 1 is 1.62 bits per heavy atom. The van der Waals surface area contributed by atoms with Crippen LogP contribution in [0.25, 0.3) is 0 Å². The molecule has 0 aliphatic carbocycles. The third-order valence-electron chi connectivity index (χ3n) is 2.38. The first-order valence-corrected chi connectivity index (χ1v) is 5.07. The van der Waals surface area contributed by atoms with Crippen molar-refractivity contribution in [2.45, 2.75) is 31.8 Å². The molecule has 0 aromatic carbocycles. The van der Waals surface area contributed by atoms with Gasteiger partial charge in [-0.25, -0.2) is 4.79 Å². The monoisotopic (exact) mass is 229 g/mol. The summed E-state index contributed by atoms with van der Waals surface area (Å²) in [6, 6.07) is -2.35. The summed E-state index contributed by atoms with van der Waals surface area (Å²) in [4.78, 5) is 34.4. The number of carboxylic acids is 1. The molecule has 2 atom stereocenters. The molecule has 7 nitrogen and oxygen atoms in total. The van der Waals surface area contributed by atoms with Gasteiger partial charge in [-0.3, -0.25) is 14.5 Å². The summed E-state index contributed by atoms with van der Waals surface area (Å²) in [5, 5.41) is 11.1. The van der Waals surface area contributed by atoms with Gasteiger partial charge in [0.1, 0.15) is 12.1 Å². The van der Waals surface area contributed by atoms with Crippen molar-refractivity contribution >= 4 is 17.9 Å². The van der Waals surface area contributed by atoms with Gasteiger partial charge < -0.3 is 16.2 Å². The van der Waals surface area contributed by atoms with Gasteiger partial charge in [0.15, 0.2) is 0 Å². The van der Waals surface area contributed by atoms with Crippen LogP contribution in [0.1, 0.15) is 19.8 Å². The molecular weight excluding hydrogens is 214 g/mol. The van der Waals surface area contributed by atoms with Gasteiger partial charge in [-0.1, -0.05) is 13.3 Å². The van der Waals surface area contributed by atoms with E-state index in [-0.39, 0.29) is 6.54 Å². The number of carbonyl (C=O) groups is 3. The van der Waals surface area contributed by atoms with Crippen molar-refractivity contribution in [3.63, 3.8) is 0 Å². The van der Waals surface area contributed by atoms with Crippen molar-refractivity contribution in [1.29, 1.82) is 0 Å². The summed E-state index contributed by atoms with van der Waals surface area (Å²) >= 11 is 0. The first kappa shape index (κ1) is 12.4.